The summed E-state index contributed by atoms with van der Waals surface area (Å²) in [5.74, 6) is 0.866. The summed E-state index contributed by atoms with van der Waals surface area (Å²) >= 11 is 1.54. The lowest BCUT2D eigenvalue weighted by Gasteiger charge is -2.26. The van der Waals surface area contributed by atoms with E-state index in [0.717, 1.165) is 55.2 Å². The van der Waals surface area contributed by atoms with Crippen molar-refractivity contribution in [3.05, 3.63) is 57.0 Å². The number of rotatable bonds is 10. The highest BCUT2D eigenvalue weighted by Gasteiger charge is 2.14. The molecule has 0 unspecified atom stereocenters. The third-order valence-electron chi connectivity index (χ3n) is 6.03. The number of hydrogen-bond acceptors (Lipinski definition) is 5. The maximum absolute atomic E-state index is 12.9. The molecule has 1 aromatic heterocycles. The Morgan fingerprint density at radius 2 is 1.84 bits per heavy atom. The molecule has 7 heteroatoms. The molecular weight excluding hydrogens is 420 g/mol. The fourth-order valence-electron chi connectivity index (χ4n) is 3.99. The van der Waals surface area contributed by atoms with Crippen LogP contribution < -0.4 is 10.9 Å². The van der Waals surface area contributed by atoms with Crippen molar-refractivity contribution in [2.75, 3.05) is 31.9 Å². The molecule has 32 heavy (non-hydrogen) atoms. The number of thioether (sulfide) groups is 1. The number of nitrogens with one attached hydrogen (secondary N) is 1. The van der Waals surface area contributed by atoms with Gasteiger partial charge in [0.25, 0.3) is 5.56 Å². The highest BCUT2D eigenvalue weighted by atomic mass is 32.2. The van der Waals surface area contributed by atoms with E-state index in [4.69, 9.17) is 0 Å². The van der Waals surface area contributed by atoms with Gasteiger partial charge in [-0.3, -0.25) is 14.2 Å². The van der Waals surface area contributed by atoms with Gasteiger partial charge in [-0.2, -0.15) is 0 Å². The minimum Gasteiger partial charge on any atom is -0.355 e. The zero-order valence-electron chi connectivity index (χ0n) is 19.7. The Balaban J connectivity index is 1.44. The minimum atomic E-state index is 0.0102. The topological polar surface area (TPSA) is 67.2 Å². The van der Waals surface area contributed by atoms with E-state index >= 15 is 0 Å². The van der Waals surface area contributed by atoms with Crippen LogP contribution in [0.15, 0.2) is 34.2 Å². The Morgan fingerprint density at radius 3 is 2.56 bits per heavy atom. The quantitative estimate of drug-likeness (QED) is 0.337. The van der Waals surface area contributed by atoms with Crippen molar-refractivity contribution in [1.29, 1.82) is 0 Å². The lowest BCUT2D eigenvalue weighted by atomic mass is 10.0. The largest absolute Gasteiger partial charge is 0.355 e. The van der Waals surface area contributed by atoms with Gasteiger partial charge in [0.05, 0.1) is 0 Å². The predicted molar refractivity (Wildman–Crippen MR) is 131 cm³/mol. The molecular formula is C25H36N4O2S. The molecule has 0 atom stereocenters. The summed E-state index contributed by atoms with van der Waals surface area (Å²) in [7, 11) is 1.78. The smallest absolute Gasteiger partial charge is 0.257 e. The molecule has 0 aliphatic carbocycles. The van der Waals surface area contributed by atoms with Crippen molar-refractivity contribution in [3.8, 4) is 0 Å². The molecule has 1 aliphatic rings. The van der Waals surface area contributed by atoms with Gasteiger partial charge >= 0.3 is 0 Å². The van der Waals surface area contributed by atoms with Gasteiger partial charge in [-0.15, -0.1) is 0 Å². The van der Waals surface area contributed by atoms with Crippen LogP contribution in [-0.4, -0.2) is 52.3 Å². The van der Waals surface area contributed by atoms with Gasteiger partial charge in [0.15, 0.2) is 5.16 Å². The van der Waals surface area contributed by atoms with Gasteiger partial charge < -0.3 is 10.2 Å². The summed E-state index contributed by atoms with van der Waals surface area (Å²) in [6.45, 7) is 7.94. The summed E-state index contributed by atoms with van der Waals surface area (Å²) in [5.41, 5.74) is 3.86. The molecule has 0 radical (unpaired) electrons. The molecule has 1 N–H and O–H groups in total. The van der Waals surface area contributed by atoms with Crippen molar-refractivity contribution in [2.45, 2.75) is 57.5 Å². The zero-order chi connectivity index (χ0) is 22.9. The summed E-state index contributed by atoms with van der Waals surface area (Å²) in [6, 6.07) is 8.26. The second-order valence-electron chi connectivity index (χ2n) is 8.69. The van der Waals surface area contributed by atoms with Crippen molar-refractivity contribution in [3.63, 3.8) is 0 Å². The van der Waals surface area contributed by atoms with Gasteiger partial charge in [-0.25, -0.2) is 4.98 Å². The molecule has 1 saturated heterocycles. The number of benzene rings is 1. The van der Waals surface area contributed by atoms with Gasteiger partial charge in [0.2, 0.25) is 5.91 Å². The maximum Gasteiger partial charge on any atom is 0.257 e. The highest BCUT2D eigenvalue weighted by molar-refractivity contribution is 7.99. The van der Waals surface area contributed by atoms with Crippen LogP contribution in [0.2, 0.25) is 0 Å². The molecule has 0 spiro atoms. The van der Waals surface area contributed by atoms with Crippen molar-refractivity contribution in [2.24, 2.45) is 7.05 Å². The third kappa shape index (κ3) is 7.20. The van der Waals surface area contributed by atoms with Crippen LogP contribution in [0.4, 0.5) is 0 Å². The highest BCUT2D eigenvalue weighted by Crippen LogP contribution is 2.18. The second-order valence-corrected chi connectivity index (χ2v) is 9.75. The van der Waals surface area contributed by atoms with Crippen LogP contribution >= 0.6 is 11.8 Å². The Labute approximate surface area is 195 Å². The van der Waals surface area contributed by atoms with E-state index in [9.17, 15) is 9.59 Å². The summed E-state index contributed by atoms with van der Waals surface area (Å²) < 4.78 is 1.64. The number of aromatic nitrogens is 2. The Hall–Kier alpha value is -2.12. The summed E-state index contributed by atoms with van der Waals surface area (Å²) in [4.78, 5) is 32.1. The molecule has 1 fully saturated rings. The van der Waals surface area contributed by atoms with Gasteiger partial charge in [0, 0.05) is 50.0 Å². The zero-order valence-corrected chi connectivity index (χ0v) is 20.5. The molecule has 1 aliphatic heterocycles. The monoisotopic (exact) mass is 456 g/mol. The van der Waals surface area contributed by atoms with Gasteiger partial charge in [-0.05, 0) is 51.8 Å². The van der Waals surface area contributed by atoms with E-state index in [1.54, 1.807) is 23.4 Å². The summed E-state index contributed by atoms with van der Waals surface area (Å²) in [6.07, 6.45) is 5.73. The van der Waals surface area contributed by atoms with E-state index in [1.807, 2.05) is 6.92 Å². The number of carbonyl (C=O) groups excluding carboxylic acids is 1. The molecule has 174 valence electrons. The first kappa shape index (κ1) is 24.5. The van der Waals surface area contributed by atoms with Crippen LogP contribution in [-0.2, 0) is 18.3 Å². The average molecular weight is 457 g/mol. The Morgan fingerprint density at radius 1 is 1.12 bits per heavy atom. The lowest BCUT2D eigenvalue weighted by Crippen LogP contribution is -2.37. The number of likely N-dealkylation sites (tertiary alicyclic amines) is 1. The van der Waals surface area contributed by atoms with Crippen LogP contribution in [0, 0.1) is 13.8 Å². The SMILES string of the molecule is Cc1ccc(Cc2c(C)nc(SCCCC(=O)NCCN3CCCCC3)n(C)c2=O)cc1. The molecule has 0 saturated carbocycles. The van der Waals surface area contributed by atoms with Gasteiger partial charge in [0.1, 0.15) is 0 Å². The Kier molecular flexibility index (Phi) is 9.36. The minimum absolute atomic E-state index is 0.0102. The normalized spacial score (nSPS) is 14.5. The molecule has 0 bridgehead atoms. The van der Waals surface area contributed by atoms with E-state index in [1.165, 1.54) is 24.8 Å². The average Bonchev–Trinajstić information content (AvgIpc) is 2.79. The van der Waals surface area contributed by atoms with E-state index in [2.05, 4.69) is 46.4 Å². The molecule has 2 heterocycles. The van der Waals surface area contributed by atoms with Crippen molar-refractivity contribution in [1.82, 2.24) is 19.8 Å². The van der Waals surface area contributed by atoms with Gasteiger partial charge in [-0.1, -0.05) is 48.0 Å². The second kappa shape index (κ2) is 12.2. The molecule has 2 aromatic rings. The predicted octanol–water partition coefficient (Wildman–Crippen LogP) is 3.46. The molecule has 6 nitrogen and oxygen atoms in total. The lowest BCUT2D eigenvalue weighted by molar-refractivity contribution is -0.121. The Bertz CT molecular complexity index is 950. The van der Waals surface area contributed by atoms with Crippen molar-refractivity contribution >= 4 is 17.7 Å². The first-order valence-corrected chi connectivity index (χ1v) is 12.7. The van der Waals surface area contributed by atoms with Crippen LogP contribution in [0.3, 0.4) is 0 Å². The first-order chi connectivity index (χ1) is 15.4. The first-order valence-electron chi connectivity index (χ1n) is 11.7. The van der Waals surface area contributed by atoms with Crippen LogP contribution in [0.1, 0.15) is 54.5 Å². The summed E-state index contributed by atoms with van der Waals surface area (Å²) in [5, 5.41) is 3.75. The fraction of sp³-hybridized carbons (Fsp3) is 0.560. The van der Waals surface area contributed by atoms with Crippen molar-refractivity contribution < 1.29 is 4.79 Å². The van der Waals surface area contributed by atoms with E-state index < -0.39 is 0 Å². The number of nitrogens with zero attached hydrogens (tertiary/aromatic N) is 3. The number of carbonyl (C=O) groups is 1. The van der Waals surface area contributed by atoms with E-state index in [0.29, 0.717) is 18.0 Å². The van der Waals surface area contributed by atoms with Crippen LogP contribution in [0.25, 0.3) is 0 Å². The number of hydrogen-bond donors (Lipinski definition) is 1. The molecule has 1 aromatic carbocycles. The van der Waals surface area contributed by atoms with E-state index in [-0.39, 0.29) is 11.5 Å². The van der Waals surface area contributed by atoms with Crippen LogP contribution in [0.5, 0.6) is 0 Å². The number of aryl methyl sites for hydroxylation is 2. The molecule has 3 rings (SSSR count). The fourth-order valence-corrected chi connectivity index (χ4v) is 4.94. The molecule has 1 amide bonds. The number of amides is 1. The maximum atomic E-state index is 12.9. The number of piperidine rings is 1. The third-order valence-corrected chi connectivity index (χ3v) is 7.15. The standard InChI is InChI=1S/C25H36N4O2S/c1-19-9-11-21(12-10-19)18-22-20(2)27-25(28(3)24(22)31)32-17-7-8-23(30)26-13-16-29-14-5-4-6-15-29/h9-12H,4-8,13-18H2,1-3H3,(H,26,30).